The summed E-state index contributed by atoms with van der Waals surface area (Å²) >= 11 is 0. The molecule has 2 rings (SSSR count). The van der Waals surface area contributed by atoms with Crippen molar-refractivity contribution in [3.63, 3.8) is 0 Å². The van der Waals surface area contributed by atoms with Gasteiger partial charge in [-0.2, -0.15) is 0 Å². The average molecular weight is 291 g/mol. The number of hydrogen-bond donors (Lipinski definition) is 2. The van der Waals surface area contributed by atoms with Crippen LogP contribution in [0.2, 0.25) is 0 Å². The molecule has 0 radical (unpaired) electrons. The topological polar surface area (TPSA) is 50.4 Å². The van der Waals surface area contributed by atoms with Crippen LogP contribution in [0.5, 0.6) is 0 Å². The second-order valence-corrected chi connectivity index (χ2v) is 5.73. The number of rotatable bonds is 5. The fraction of sp³-hybridized carbons (Fsp3) is 0.929. The number of nitrogens with one attached hydrogen (secondary N) is 2. The molecule has 0 atom stereocenters. The maximum absolute atomic E-state index is 12.6. The molecule has 1 heterocycles. The third kappa shape index (κ3) is 4.33. The maximum atomic E-state index is 12.6. The Balaban J connectivity index is 0.00000180. The van der Waals surface area contributed by atoms with Crippen LogP contribution in [-0.2, 0) is 9.53 Å². The maximum Gasteiger partial charge on any atom is 0.226 e. The lowest BCUT2D eigenvalue weighted by molar-refractivity contribution is -0.132. The molecule has 0 unspecified atom stereocenters. The third-order valence-corrected chi connectivity index (χ3v) is 4.50. The zero-order valence-corrected chi connectivity index (χ0v) is 12.7. The standard InChI is InChI=1S/C14H26N2O2.ClH/c1-18-11-8-14(6-2-3-7-14)13(17)16-12-4-9-15-10-5-12;/h12,15H,2-11H2,1H3,(H,16,17);1H. The number of carbonyl (C=O) groups excluding carboxylic acids is 1. The van der Waals surface area contributed by atoms with E-state index in [4.69, 9.17) is 4.74 Å². The van der Waals surface area contributed by atoms with E-state index in [2.05, 4.69) is 10.6 Å². The fourth-order valence-electron chi connectivity index (χ4n) is 3.24. The Labute approximate surface area is 122 Å². The highest BCUT2D eigenvalue weighted by Crippen LogP contribution is 2.41. The molecular weight excluding hydrogens is 264 g/mol. The molecule has 0 aromatic carbocycles. The lowest BCUT2D eigenvalue weighted by Gasteiger charge is -2.31. The van der Waals surface area contributed by atoms with Gasteiger partial charge in [0.1, 0.15) is 0 Å². The first-order valence-electron chi connectivity index (χ1n) is 7.27. The summed E-state index contributed by atoms with van der Waals surface area (Å²) < 4.78 is 5.18. The van der Waals surface area contributed by atoms with Gasteiger partial charge in [0.25, 0.3) is 0 Å². The van der Waals surface area contributed by atoms with Crippen LogP contribution in [0.3, 0.4) is 0 Å². The summed E-state index contributed by atoms with van der Waals surface area (Å²) in [5.74, 6) is 0.281. The molecule has 0 spiro atoms. The van der Waals surface area contributed by atoms with E-state index in [1.807, 2.05) is 0 Å². The van der Waals surface area contributed by atoms with Crippen molar-refractivity contribution in [2.24, 2.45) is 5.41 Å². The molecule has 4 nitrogen and oxygen atoms in total. The average Bonchev–Trinajstić information content (AvgIpc) is 2.87. The highest BCUT2D eigenvalue weighted by Gasteiger charge is 2.41. The van der Waals surface area contributed by atoms with Gasteiger partial charge in [0, 0.05) is 19.8 Å². The molecule has 1 aliphatic heterocycles. The largest absolute Gasteiger partial charge is 0.385 e. The van der Waals surface area contributed by atoms with Crippen LogP contribution >= 0.6 is 12.4 Å². The van der Waals surface area contributed by atoms with E-state index >= 15 is 0 Å². The molecule has 0 aromatic heterocycles. The summed E-state index contributed by atoms with van der Waals surface area (Å²) in [5.41, 5.74) is -0.138. The van der Waals surface area contributed by atoms with Crippen LogP contribution in [0.4, 0.5) is 0 Å². The van der Waals surface area contributed by atoms with Crippen LogP contribution in [0, 0.1) is 5.41 Å². The number of carbonyl (C=O) groups is 1. The van der Waals surface area contributed by atoms with Crippen molar-refractivity contribution < 1.29 is 9.53 Å². The van der Waals surface area contributed by atoms with Crippen LogP contribution in [0.15, 0.2) is 0 Å². The van der Waals surface area contributed by atoms with Crippen molar-refractivity contribution in [2.75, 3.05) is 26.8 Å². The molecule has 2 aliphatic rings. The number of halogens is 1. The molecule has 1 saturated carbocycles. The molecule has 2 N–H and O–H groups in total. The van der Waals surface area contributed by atoms with Gasteiger partial charge >= 0.3 is 0 Å². The number of ether oxygens (including phenoxy) is 1. The molecular formula is C14H27ClN2O2. The Morgan fingerprint density at radius 1 is 1.32 bits per heavy atom. The van der Waals surface area contributed by atoms with Crippen LogP contribution in [-0.4, -0.2) is 38.8 Å². The number of methoxy groups -OCH3 is 1. The molecule has 0 aromatic rings. The molecule has 5 heteroatoms. The van der Waals surface area contributed by atoms with E-state index < -0.39 is 0 Å². The molecule has 112 valence electrons. The van der Waals surface area contributed by atoms with Gasteiger partial charge in [-0.25, -0.2) is 0 Å². The fourth-order valence-corrected chi connectivity index (χ4v) is 3.24. The molecule has 1 saturated heterocycles. The summed E-state index contributed by atoms with van der Waals surface area (Å²) in [7, 11) is 1.72. The highest BCUT2D eigenvalue weighted by molar-refractivity contribution is 5.85. The van der Waals surface area contributed by atoms with E-state index in [9.17, 15) is 4.79 Å². The summed E-state index contributed by atoms with van der Waals surface area (Å²) in [6.45, 7) is 2.74. The Morgan fingerprint density at radius 2 is 1.95 bits per heavy atom. The van der Waals surface area contributed by atoms with Gasteiger partial charge in [0.05, 0.1) is 5.41 Å². The van der Waals surface area contributed by atoms with Gasteiger partial charge in [-0.1, -0.05) is 12.8 Å². The van der Waals surface area contributed by atoms with Gasteiger partial charge in [-0.05, 0) is 45.2 Å². The van der Waals surface area contributed by atoms with Crippen molar-refractivity contribution in [1.82, 2.24) is 10.6 Å². The first-order valence-corrected chi connectivity index (χ1v) is 7.27. The van der Waals surface area contributed by atoms with Crippen molar-refractivity contribution in [1.29, 1.82) is 0 Å². The molecule has 0 bridgehead atoms. The lowest BCUT2D eigenvalue weighted by Crippen LogP contribution is -2.48. The zero-order valence-electron chi connectivity index (χ0n) is 11.9. The predicted molar refractivity (Wildman–Crippen MR) is 78.7 cm³/mol. The number of piperidine rings is 1. The van der Waals surface area contributed by atoms with Gasteiger partial charge in [-0.15, -0.1) is 12.4 Å². The van der Waals surface area contributed by atoms with Gasteiger partial charge in [-0.3, -0.25) is 4.79 Å². The summed E-state index contributed by atoms with van der Waals surface area (Å²) in [6.07, 6.45) is 7.44. The zero-order chi connectivity index (χ0) is 12.8. The van der Waals surface area contributed by atoms with E-state index in [-0.39, 0.29) is 23.7 Å². The second-order valence-electron chi connectivity index (χ2n) is 5.73. The summed E-state index contributed by atoms with van der Waals surface area (Å²) in [6, 6.07) is 0.374. The number of hydrogen-bond acceptors (Lipinski definition) is 3. The monoisotopic (exact) mass is 290 g/mol. The van der Waals surface area contributed by atoms with Crippen molar-refractivity contribution in [3.8, 4) is 0 Å². The van der Waals surface area contributed by atoms with Gasteiger partial charge < -0.3 is 15.4 Å². The van der Waals surface area contributed by atoms with E-state index in [1.54, 1.807) is 7.11 Å². The minimum absolute atomic E-state index is 0. The molecule has 1 aliphatic carbocycles. The van der Waals surface area contributed by atoms with E-state index in [1.165, 1.54) is 12.8 Å². The van der Waals surface area contributed by atoms with Crippen LogP contribution in [0.1, 0.15) is 44.9 Å². The first-order chi connectivity index (χ1) is 8.77. The minimum Gasteiger partial charge on any atom is -0.385 e. The lowest BCUT2D eigenvalue weighted by atomic mass is 9.81. The molecule has 2 fully saturated rings. The summed E-state index contributed by atoms with van der Waals surface area (Å²) in [4.78, 5) is 12.6. The van der Waals surface area contributed by atoms with Crippen molar-refractivity contribution in [3.05, 3.63) is 0 Å². The Bertz CT molecular complexity index is 275. The van der Waals surface area contributed by atoms with Crippen LogP contribution < -0.4 is 10.6 Å². The quantitative estimate of drug-likeness (QED) is 0.813. The van der Waals surface area contributed by atoms with E-state index in [0.29, 0.717) is 12.6 Å². The van der Waals surface area contributed by atoms with Gasteiger partial charge in [0.2, 0.25) is 5.91 Å². The Kier molecular flexibility index (Phi) is 7.11. The highest BCUT2D eigenvalue weighted by atomic mass is 35.5. The second kappa shape index (κ2) is 8.08. The predicted octanol–water partition coefficient (Wildman–Crippen LogP) is 1.87. The summed E-state index contributed by atoms with van der Waals surface area (Å²) in [5, 5.41) is 6.61. The van der Waals surface area contributed by atoms with E-state index in [0.717, 1.165) is 45.2 Å². The third-order valence-electron chi connectivity index (χ3n) is 4.50. The SMILES string of the molecule is COCCC1(C(=O)NC2CCNCC2)CCCC1.Cl. The molecule has 1 amide bonds. The van der Waals surface area contributed by atoms with Gasteiger partial charge in [0.15, 0.2) is 0 Å². The van der Waals surface area contributed by atoms with Crippen LogP contribution in [0.25, 0.3) is 0 Å². The smallest absolute Gasteiger partial charge is 0.226 e. The Hall–Kier alpha value is -0.320. The first kappa shape index (κ1) is 16.7. The normalized spacial score (nSPS) is 22.8. The van der Waals surface area contributed by atoms with Crippen molar-refractivity contribution in [2.45, 2.75) is 51.0 Å². The molecule has 19 heavy (non-hydrogen) atoms. The minimum atomic E-state index is -0.138. The number of amides is 1. The Morgan fingerprint density at radius 3 is 2.53 bits per heavy atom. The van der Waals surface area contributed by atoms with Crippen molar-refractivity contribution >= 4 is 18.3 Å².